The van der Waals surface area contributed by atoms with Gasteiger partial charge in [-0.15, -0.1) is 0 Å². The van der Waals surface area contributed by atoms with E-state index < -0.39 is 10.8 Å². The molecule has 0 bridgehead atoms. The molecule has 0 N–H and O–H groups in total. The van der Waals surface area contributed by atoms with Crippen LogP contribution >= 0.6 is 0 Å². The highest BCUT2D eigenvalue weighted by atomic mass is 32.2. The summed E-state index contributed by atoms with van der Waals surface area (Å²) in [6.07, 6.45) is 3.38. The van der Waals surface area contributed by atoms with E-state index in [9.17, 15) is 4.21 Å². The number of aromatic nitrogens is 1. The zero-order chi connectivity index (χ0) is 16.2. The molecule has 0 spiro atoms. The molecule has 0 fully saturated rings. The van der Waals surface area contributed by atoms with Crippen molar-refractivity contribution in [1.29, 1.82) is 0 Å². The lowest BCUT2D eigenvalue weighted by Crippen LogP contribution is -1.98. The first kappa shape index (κ1) is 15.5. The van der Waals surface area contributed by atoms with Gasteiger partial charge in [-0.1, -0.05) is 18.2 Å². The first-order chi connectivity index (χ1) is 11.2. The van der Waals surface area contributed by atoms with Crippen LogP contribution in [0.1, 0.15) is 5.56 Å². The minimum atomic E-state index is -0.962. The van der Waals surface area contributed by atoms with Gasteiger partial charge in [0.2, 0.25) is 0 Å². The van der Waals surface area contributed by atoms with Crippen LogP contribution in [0.15, 0.2) is 59.6 Å². The number of hydrogen-bond donors (Lipinski definition) is 0. The highest BCUT2D eigenvalue weighted by Gasteiger charge is 2.08. The van der Waals surface area contributed by atoms with Crippen LogP contribution in [0.2, 0.25) is 0 Å². The average molecular weight is 327 g/mol. The lowest BCUT2D eigenvalue weighted by molar-refractivity contribution is 0.309. The Labute approximate surface area is 137 Å². The first-order valence-electron chi connectivity index (χ1n) is 7.16. The molecule has 1 atom stereocenters. The van der Waals surface area contributed by atoms with Crippen molar-refractivity contribution in [2.75, 3.05) is 13.4 Å². The van der Waals surface area contributed by atoms with E-state index in [4.69, 9.17) is 9.47 Å². The largest absolute Gasteiger partial charge is 0.494 e. The summed E-state index contributed by atoms with van der Waals surface area (Å²) in [6, 6.07) is 15.2. The van der Waals surface area contributed by atoms with Crippen molar-refractivity contribution < 1.29 is 13.7 Å². The van der Waals surface area contributed by atoms with Crippen LogP contribution in [0.4, 0.5) is 0 Å². The molecule has 0 saturated heterocycles. The van der Waals surface area contributed by atoms with E-state index in [0.29, 0.717) is 6.61 Å². The van der Waals surface area contributed by atoms with Crippen LogP contribution in [0.5, 0.6) is 11.5 Å². The quantitative estimate of drug-likeness (QED) is 0.719. The minimum absolute atomic E-state index is 0.437. The van der Waals surface area contributed by atoms with Gasteiger partial charge in [0, 0.05) is 33.5 Å². The van der Waals surface area contributed by atoms with E-state index in [-0.39, 0.29) is 0 Å². The van der Waals surface area contributed by atoms with Crippen molar-refractivity contribution in [3.8, 4) is 11.5 Å². The Morgan fingerprint density at radius 2 is 1.83 bits per heavy atom. The fraction of sp³-hybridized carbons (Fsp3) is 0.167. The van der Waals surface area contributed by atoms with E-state index in [2.05, 4.69) is 4.98 Å². The predicted octanol–water partition coefficient (Wildman–Crippen LogP) is 3.56. The molecule has 118 valence electrons. The fourth-order valence-corrected chi connectivity index (χ4v) is 2.87. The van der Waals surface area contributed by atoms with Crippen molar-refractivity contribution in [1.82, 2.24) is 4.98 Å². The van der Waals surface area contributed by atoms with E-state index >= 15 is 0 Å². The maximum Gasteiger partial charge on any atom is 0.145 e. The van der Waals surface area contributed by atoms with Crippen molar-refractivity contribution in [2.24, 2.45) is 0 Å². The summed E-state index contributed by atoms with van der Waals surface area (Å²) in [5.41, 5.74) is 1.80. The van der Waals surface area contributed by atoms with E-state index in [1.807, 2.05) is 48.5 Å². The van der Waals surface area contributed by atoms with E-state index in [1.165, 1.54) is 0 Å². The summed E-state index contributed by atoms with van der Waals surface area (Å²) in [6.45, 7) is 0.437. The molecule has 23 heavy (non-hydrogen) atoms. The van der Waals surface area contributed by atoms with Gasteiger partial charge in [0.1, 0.15) is 23.6 Å². The van der Waals surface area contributed by atoms with Crippen LogP contribution in [-0.2, 0) is 17.4 Å². The summed E-state index contributed by atoms with van der Waals surface area (Å²) in [5, 5.41) is 0.915. The molecule has 0 aliphatic carbocycles. The molecule has 0 radical (unpaired) electrons. The van der Waals surface area contributed by atoms with E-state index in [1.54, 1.807) is 19.6 Å². The molecule has 0 amide bonds. The Kier molecular flexibility index (Phi) is 4.57. The molecule has 0 aliphatic heterocycles. The monoisotopic (exact) mass is 327 g/mol. The lowest BCUT2D eigenvalue weighted by atomic mass is 10.2. The molecule has 1 heterocycles. The maximum atomic E-state index is 11.4. The number of nitrogens with zero attached hydrogens (tertiary/aromatic N) is 1. The Morgan fingerprint density at radius 1 is 1.04 bits per heavy atom. The summed E-state index contributed by atoms with van der Waals surface area (Å²) in [7, 11) is 0.666. The van der Waals surface area contributed by atoms with Gasteiger partial charge in [-0.25, -0.2) is 0 Å². The zero-order valence-corrected chi connectivity index (χ0v) is 13.8. The number of benzene rings is 2. The molecule has 3 rings (SSSR count). The van der Waals surface area contributed by atoms with Crippen molar-refractivity contribution in [3.05, 3.63) is 60.3 Å². The first-order valence-corrected chi connectivity index (χ1v) is 8.72. The number of ether oxygens (including phenoxy) is 2. The van der Waals surface area contributed by atoms with Gasteiger partial charge in [0.15, 0.2) is 0 Å². The molecule has 5 heteroatoms. The maximum absolute atomic E-state index is 11.4. The van der Waals surface area contributed by atoms with Crippen LogP contribution in [0.3, 0.4) is 0 Å². The van der Waals surface area contributed by atoms with Gasteiger partial charge >= 0.3 is 0 Å². The third kappa shape index (κ3) is 3.35. The number of para-hydroxylation sites is 1. The standard InChI is InChI=1S/C18H17NO3S/c1-21-17-5-3-4-15-16(10-11-19-18(15)17)22-12-13-6-8-14(9-7-13)23(2)20/h3-11H,12H2,1-2H3. The van der Waals surface area contributed by atoms with Gasteiger partial charge in [0.05, 0.1) is 7.11 Å². The highest BCUT2D eigenvalue weighted by Crippen LogP contribution is 2.30. The van der Waals surface area contributed by atoms with Crippen molar-refractivity contribution >= 4 is 21.7 Å². The highest BCUT2D eigenvalue weighted by molar-refractivity contribution is 7.84. The van der Waals surface area contributed by atoms with Gasteiger partial charge in [-0.05, 0) is 35.9 Å². The molecule has 2 aromatic carbocycles. The molecule has 1 aromatic heterocycles. The second kappa shape index (κ2) is 6.79. The molecule has 3 aromatic rings. The fourth-order valence-electron chi connectivity index (χ4n) is 2.35. The zero-order valence-electron chi connectivity index (χ0n) is 13.0. The molecule has 0 aliphatic rings. The Balaban J connectivity index is 1.83. The summed E-state index contributed by atoms with van der Waals surface area (Å²) in [5.74, 6) is 1.49. The number of fused-ring (bicyclic) bond motifs is 1. The molecule has 4 nitrogen and oxygen atoms in total. The lowest BCUT2D eigenvalue weighted by Gasteiger charge is -2.11. The number of pyridine rings is 1. The van der Waals surface area contributed by atoms with Gasteiger partial charge < -0.3 is 9.47 Å². The molecular weight excluding hydrogens is 310 g/mol. The number of hydrogen-bond acceptors (Lipinski definition) is 4. The Hall–Kier alpha value is -2.40. The summed E-state index contributed by atoms with van der Waals surface area (Å²) < 4.78 is 22.7. The third-order valence-corrected chi connectivity index (χ3v) is 4.50. The second-order valence-corrected chi connectivity index (χ2v) is 6.43. The van der Waals surface area contributed by atoms with Crippen LogP contribution in [0, 0.1) is 0 Å². The summed E-state index contributed by atoms with van der Waals surface area (Å²) in [4.78, 5) is 5.17. The summed E-state index contributed by atoms with van der Waals surface area (Å²) >= 11 is 0. The van der Waals surface area contributed by atoms with Crippen molar-refractivity contribution in [2.45, 2.75) is 11.5 Å². The van der Waals surface area contributed by atoms with Gasteiger partial charge in [0.25, 0.3) is 0 Å². The number of rotatable bonds is 5. The average Bonchev–Trinajstić information content (AvgIpc) is 2.59. The van der Waals surface area contributed by atoms with Crippen LogP contribution < -0.4 is 9.47 Å². The van der Waals surface area contributed by atoms with Crippen LogP contribution in [-0.4, -0.2) is 22.6 Å². The molecular formula is C18H17NO3S. The smallest absolute Gasteiger partial charge is 0.145 e. The predicted molar refractivity (Wildman–Crippen MR) is 91.4 cm³/mol. The SMILES string of the molecule is COc1cccc2c(OCc3ccc(S(C)=O)cc3)ccnc12. The number of methoxy groups -OCH3 is 1. The topological polar surface area (TPSA) is 48.4 Å². The molecule has 1 unspecified atom stereocenters. The minimum Gasteiger partial charge on any atom is -0.494 e. The Morgan fingerprint density at radius 3 is 2.52 bits per heavy atom. The van der Waals surface area contributed by atoms with Crippen molar-refractivity contribution in [3.63, 3.8) is 0 Å². The third-order valence-electron chi connectivity index (χ3n) is 3.56. The van der Waals surface area contributed by atoms with Crippen LogP contribution in [0.25, 0.3) is 10.9 Å². The van der Waals surface area contributed by atoms with Gasteiger partial charge in [-0.3, -0.25) is 9.19 Å². The Bertz CT molecular complexity index is 847. The molecule has 0 saturated carbocycles. The second-order valence-electron chi connectivity index (χ2n) is 5.05. The van der Waals surface area contributed by atoms with Gasteiger partial charge in [-0.2, -0.15) is 0 Å². The normalized spacial score (nSPS) is 12.1. The van der Waals surface area contributed by atoms with E-state index in [0.717, 1.165) is 32.9 Å².